The third-order valence-electron chi connectivity index (χ3n) is 3.14. The SMILES string of the molecule is COc1ccccc1C(=O)Oc1c(C)cc(Cl)cc1C(C)=O. The van der Waals surface area contributed by atoms with E-state index in [1.165, 1.54) is 20.1 Å². The van der Waals surface area contributed by atoms with Gasteiger partial charge in [0.15, 0.2) is 5.78 Å². The molecule has 0 saturated carbocycles. The zero-order valence-electron chi connectivity index (χ0n) is 12.5. The number of hydrogen-bond donors (Lipinski definition) is 0. The van der Waals surface area contributed by atoms with Crippen LogP contribution in [0, 0.1) is 6.92 Å². The molecule has 5 heteroatoms. The number of methoxy groups -OCH3 is 1. The molecule has 0 atom stereocenters. The highest BCUT2D eigenvalue weighted by Gasteiger charge is 2.19. The fraction of sp³-hybridized carbons (Fsp3) is 0.176. The van der Waals surface area contributed by atoms with Gasteiger partial charge in [-0.15, -0.1) is 0 Å². The Morgan fingerprint density at radius 3 is 2.41 bits per heavy atom. The van der Waals surface area contributed by atoms with Crippen molar-refractivity contribution in [1.82, 2.24) is 0 Å². The minimum absolute atomic E-state index is 0.216. The highest BCUT2D eigenvalue weighted by atomic mass is 35.5. The zero-order chi connectivity index (χ0) is 16.3. The van der Waals surface area contributed by atoms with Gasteiger partial charge in [-0.3, -0.25) is 4.79 Å². The van der Waals surface area contributed by atoms with Gasteiger partial charge in [-0.1, -0.05) is 23.7 Å². The standard InChI is InChI=1S/C17H15ClO4/c1-10-8-12(18)9-14(11(2)19)16(10)22-17(20)13-6-4-5-7-15(13)21-3/h4-9H,1-3H3. The fourth-order valence-corrected chi connectivity index (χ4v) is 2.36. The predicted octanol–water partition coefficient (Wildman–Crippen LogP) is 4.08. The Bertz CT molecular complexity index is 737. The van der Waals surface area contributed by atoms with Crippen molar-refractivity contribution < 1.29 is 19.1 Å². The smallest absolute Gasteiger partial charge is 0.347 e. The van der Waals surface area contributed by atoms with E-state index in [4.69, 9.17) is 21.1 Å². The van der Waals surface area contributed by atoms with Crippen molar-refractivity contribution >= 4 is 23.4 Å². The molecule has 0 radical (unpaired) electrons. The number of carbonyl (C=O) groups excluding carboxylic acids is 2. The van der Waals surface area contributed by atoms with E-state index in [-0.39, 0.29) is 22.7 Å². The van der Waals surface area contributed by atoms with Gasteiger partial charge in [-0.25, -0.2) is 4.79 Å². The lowest BCUT2D eigenvalue weighted by molar-refractivity contribution is 0.0728. The van der Waals surface area contributed by atoms with E-state index in [2.05, 4.69) is 0 Å². The zero-order valence-corrected chi connectivity index (χ0v) is 13.2. The van der Waals surface area contributed by atoms with E-state index in [1.807, 2.05) is 0 Å². The van der Waals surface area contributed by atoms with Gasteiger partial charge in [0.25, 0.3) is 0 Å². The van der Waals surface area contributed by atoms with E-state index < -0.39 is 5.97 Å². The van der Waals surface area contributed by atoms with Gasteiger partial charge >= 0.3 is 5.97 Å². The number of esters is 1. The highest BCUT2D eigenvalue weighted by Crippen LogP contribution is 2.30. The van der Waals surface area contributed by atoms with Crippen molar-refractivity contribution in [3.05, 3.63) is 58.1 Å². The molecular formula is C17H15ClO4. The normalized spacial score (nSPS) is 10.2. The lowest BCUT2D eigenvalue weighted by Gasteiger charge is -2.13. The molecule has 0 heterocycles. The molecule has 0 spiro atoms. The van der Waals surface area contributed by atoms with Crippen LogP contribution in [0.5, 0.6) is 11.5 Å². The summed E-state index contributed by atoms with van der Waals surface area (Å²) in [4.78, 5) is 24.1. The second-order valence-corrected chi connectivity index (χ2v) is 5.18. The number of ether oxygens (including phenoxy) is 2. The van der Waals surface area contributed by atoms with E-state index in [0.717, 1.165) is 0 Å². The fourth-order valence-electron chi connectivity index (χ4n) is 2.09. The number of hydrogen-bond acceptors (Lipinski definition) is 4. The summed E-state index contributed by atoms with van der Waals surface area (Å²) in [7, 11) is 1.47. The Labute approximate surface area is 133 Å². The second kappa shape index (κ2) is 6.62. The number of aryl methyl sites for hydroxylation is 1. The van der Waals surface area contributed by atoms with Gasteiger partial charge in [0.05, 0.1) is 12.7 Å². The van der Waals surface area contributed by atoms with Crippen LogP contribution >= 0.6 is 11.6 Å². The first-order chi connectivity index (χ1) is 10.4. The van der Waals surface area contributed by atoms with Crippen molar-refractivity contribution in [2.75, 3.05) is 7.11 Å². The molecule has 2 rings (SSSR count). The maximum atomic E-state index is 12.4. The molecular weight excluding hydrogens is 304 g/mol. The summed E-state index contributed by atoms with van der Waals surface area (Å²) in [6.45, 7) is 3.12. The van der Waals surface area contributed by atoms with Crippen LogP contribution in [-0.2, 0) is 0 Å². The van der Waals surface area contributed by atoms with Crippen molar-refractivity contribution in [3.63, 3.8) is 0 Å². The van der Waals surface area contributed by atoms with Crippen molar-refractivity contribution in [1.29, 1.82) is 0 Å². The van der Waals surface area contributed by atoms with Gasteiger partial charge in [0, 0.05) is 5.02 Å². The molecule has 2 aromatic carbocycles. The number of rotatable bonds is 4. The molecule has 0 saturated heterocycles. The Balaban J connectivity index is 2.42. The molecule has 0 bridgehead atoms. The van der Waals surface area contributed by atoms with Gasteiger partial charge in [-0.2, -0.15) is 0 Å². The second-order valence-electron chi connectivity index (χ2n) is 4.75. The molecule has 4 nitrogen and oxygen atoms in total. The minimum Gasteiger partial charge on any atom is -0.496 e. The third-order valence-corrected chi connectivity index (χ3v) is 3.36. The van der Waals surface area contributed by atoms with Crippen LogP contribution in [0.1, 0.15) is 33.2 Å². The van der Waals surface area contributed by atoms with E-state index in [0.29, 0.717) is 16.3 Å². The van der Waals surface area contributed by atoms with Crippen LogP contribution in [-0.4, -0.2) is 18.9 Å². The first-order valence-corrected chi connectivity index (χ1v) is 6.98. The molecule has 0 fully saturated rings. The number of Topliss-reactive ketones (excluding diaryl/α,β-unsaturated/α-hetero) is 1. The molecule has 114 valence electrons. The number of para-hydroxylation sites is 1. The molecule has 0 amide bonds. The lowest BCUT2D eigenvalue weighted by atomic mass is 10.1. The lowest BCUT2D eigenvalue weighted by Crippen LogP contribution is -2.13. The highest BCUT2D eigenvalue weighted by molar-refractivity contribution is 6.31. The summed E-state index contributed by atoms with van der Waals surface area (Å²) >= 11 is 5.95. The summed E-state index contributed by atoms with van der Waals surface area (Å²) in [6, 6.07) is 9.85. The molecule has 2 aromatic rings. The van der Waals surface area contributed by atoms with Crippen LogP contribution in [0.4, 0.5) is 0 Å². The van der Waals surface area contributed by atoms with Gasteiger partial charge < -0.3 is 9.47 Å². The number of ketones is 1. The van der Waals surface area contributed by atoms with E-state index in [9.17, 15) is 9.59 Å². The average molecular weight is 319 g/mol. The molecule has 0 aliphatic carbocycles. The Morgan fingerprint density at radius 1 is 1.09 bits per heavy atom. The largest absolute Gasteiger partial charge is 0.496 e. The monoisotopic (exact) mass is 318 g/mol. The molecule has 0 aliphatic rings. The average Bonchev–Trinajstić information content (AvgIpc) is 2.49. The maximum absolute atomic E-state index is 12.4. The number of halogens is 1. The Hall–Kier alpha value is -2.33. The summed E-state index contributed by atoms with van der Waals surface area (Å²) in [5.41, 5.74) is 1.17. The van der Waals surface area contributed by atoms with Crippen LogP contribution in [0.15, 0.2) is 36.4 Å². The Kier molecular flexibility index (Phi) is 4.83. The quantitative estimate of drug-likeness (QED) is 0.484. The van der Waals surface area contributed by atoms with Gasteiger partial charge in [0.2, 0.25) is 0 Å². The summed E-state index contributed by atoms with van der Waals surface area (Å²) in [5, 5.41) is 0.416. The number of benzene rings is 2. The summed E-state index contributed by atoms with van der Waals surface area (Å²) < 4.78 is 10.6. The topological polar surface area (TPSA) is 52.6 Å². The van der Waals surface area contributed by atoms with E-state index in [1.54, 1.807) is 37.3 Å². The van der Waals surface area contributed by atoms with Crippen molar-refractivity contribution in [3.8, 4) is 11.5 Å². The predicted molar refractivity (Wildman–Crippen MR) is 84.1 cm³/mol. The van der Waals surface area contributed by atoms with Crippen molar-refractivity contribution in [2.45, 2.75) is 13.8 Å². The molecule has 0 aliphatic heterocycles. The Morgan fingerprint density at radius 2 is 1.77 bits per heavy atom. The number of carbonyl (C=O) groups is 2. The van der Waals surface area contributed by atoms with Crippen LogP contribution in [0.3, 0.4) is 0 Å². The molecule has 22 heavy (non-hydrogen) atoms. The first kappa shape index (κ1) is 16.0. The third kappa shape index (κ3) is 3.28. The maximum Gasteiger partial charge on any atom is 0.347 e. The summed E-state index contributed by atoms with van der Waals surface area (Å²) in [5.74, 6) is -0.199. The van der Waals surface area contributed by atoms with Gasteiger partial charge in [-0.05, 0) is 43.7 Å². The summed E-state index contributed by atoms with van der Waals surface area (Å²) in [6.07, 6.45) is 0. The van der Waals surface area contributed by atoms with E-state index >= 15 is 0 Å². The van der Waals surface area contributed by atoms with Crippen molar-refractivity contribution in [2.24, 2.45) is 0 Å². The molecule has 0 aromatic heterocycles. The molecule has 0 N–H and O–H groups in total. The molecule has 0 unspecified atom stereocenters. The minimum atomic E-state index is -0.592. The van der Waals surface area contributed by atoms with Crippen LogP contribution in [0.2, 0.25) is 5.02 Å². The van der Waals surface area contributed by atoms with Crippen LogP contribution in [0.25, 0.3) is 0 Å². The van der Waals surface area contributed by atoms with Gasteiger partial charge in [0.1, 0.15) is 17.1 Å². The van der Waals surface area contributed by atoms with Crippen LogP contribution < -0.4 is 9.47 Å². The first-order valence-electron chi connectivity index (χ1n) is 6.60.